The van der Waals surface area contributed by atoms with Crippen molar-refractivity contribution in [1.29, 1.82) is 0 Å². The maximum Gasteiger partial charge on any atom is 0.264 e. The molecular weight excluding hydrogens is 484 g/mol. The van der Waals surface area contributed by atoms with Crippen LogP contribution in [0, 0.1) is 23.7 Å². The number of nitrogens with zero attached hydrogens (tertiary/aromatic N) is 1. The lowest BCUT2D eigenvalue weighted by molar-refractivity contribution is -0.131. The van der Waals surface area contributed by atoms with Crippen LogP contribution in [0.2, 0.25) is 0 Å². The lowest BCUT2D eigenvalue weighted by atomic mass is 10.0. The number of pyridine rings is 1. The van der Waals surface area contributed by atoms with Gasteiger partial charge in [-0.1, -0.05) is 18.1 Å². The van der Waals surface area contributed by atoms with Crippen molar-refractivity contribution in [2.24, 2.45) is 0 Å². The summed E-state index contributed by atoms with van der Waals surface area (Å²) in [6.07, 6.45) is 2.23. The molecule has 2 heterocycles. The molecular formula is C26H24N2O7S. The summed E-state index contributed by atoms with van der Waals surface area (Å²) in [7, 11) is -3.86. The first-order valence-corrected chi connectivity index (χ1v) is 12.6. The van der Waals surface area contributed by atoms with Crippen molar-refractivity contribution in [3.63, 3.8) is 0 Å². The summed E-state index contributed by atoms with van der Waals surface area (Å²) < 4.78 is 28.9. The minimum absolute atomic E-state index is 0.0367. The number of nitrogens with one attached hydrogen (secondary N) is 1. The van der Waals surface area contributed by atoms with Gasteiger partial charge in [-0.3, -0.25) is 14.8 Å². The molecule has 0 saturated heterocycles. The van der Waals surface area contributed by atoms with Gasteiger partial charge in [-0.2, -0.15) is 0 Å². The lowest BCUT2D eigenvalue weighted by Gasteiger charge is -2.25. The van der Waals surface area contributed by atoms with Crippen LogP contribution in [0.4, 0.5) is 0 Å². The van der Waals surface area contributed by atoms with Crippen LogP contribution in [0.3, 0.4) is 0 Å². The highest BCUT2D eigenvalue weighted by atomic mass is 32.2. The molecule has 3 aromatic rings. The molecule has 1 atom stereocenters. The van der Waals surface area contributed by atoms with E-state index in [4.69, 9.17) is 14.7 Å². The molecule has 3 N–H and O–H groups in total. The Hall–Kier alpha value is -4.09. The van der Waals surface area contributed by atoms with E-state index in [1.807, 2.05) is 12.1 Å². The number of carbonyl (C=O) groups excluding carboxylic acids is 1. The van der Waals surface area contributed by atoms with Gasteiger partial charge in [-0.25, -0.2) is 13.9 Å². The summed E-state index contributed by atoms with van der Waals surface area (Å²) in [5.74, 6) is 10.9. The molecule has 186 valence electrons. The Morgan fingerprint density at radius 1 is 1.08 bits per heavy atom. The Bertz CT molecular complexity index is 1550. The molecule has 0 spiro atoms. The van der Waals surface area contributed by atoms with Crippen LogP contribution in [-0.4, -0.2) is 40.2 Å². The second-order valence-electron chi connectivity index (χ2n) is 8.14. The number of furan rings is 1. The highest BCUT2D eigenvalue weighted by Crippen LogP contribution is 2.22. The van der Waals surface area contributed by atoms with Crippen molar-refractivity contribution in [1.82, 2.24) is 10.0 Å². The fraction of sp³-hybridized carbons (Fsp3) is 0.231. The van der Waals surface area contributed by atoms with Crippen molar-refractivity contribution in [2.75, 3.05) is 6.26 Å². The van der Waals surface area contributed by atoms with E-state index in [0.717, 1.165) is 17.4 Å². The van der Waals surface area contributed by atoms with E-state index in [9.17, 15) is 18.0 Å². The number of aliphatic hydroxyl groups excluding tert-OH is 1. The molecule has 1 aromatic carbocycles. The second-order valence-corrected chi connectivity index (χ2v) is 10.6. The zero-order valence-corrected chi connectivity index (χ0v) is 20.4. The quantitative estimate of drug-likeness (QED) is 0.251. The van der Waals surface area contributed by atoms with Gasteiger partial charge in [0.25, 0.3) is 11.5 Å². The third-order valence-electron chi connectivity index (χ3n) is 5.72. The Balaban J connectivity index is 1.71. The van der Waals surface area contributed by atoms with Crippen molar-refractivity contribution in [3.05, 3.63) is 82.2 Å². The van der Waals surface area contributed by atoms with E-state index in [2.05, 4.69) is 23.7 Å². The number of rotatable bonds is 7. The fourth-order valence-corrected chi connectivity index (χ4v) is 4.11. The van der Waals surface area contributed by atoms with Crippen LogP contribution < -0.4 is 11.0 Å². The van der Waals surface area contributed by atoms with Gasteiger partial charge in [0.2, 0.25) is 0 Å². The molecule has 0 unspecified atom stereocenters. The smallest absolute Gasteiger partial charge is 0.264 e. The third kappa shape index (κ3) is 6.12. The number of hydrogen-bond donors (Lipinski definition) is 3. The van der Waals surface area contributed by atoms with Crippen molar-refractivity contribution in [2.45, 2.75) is 31.2 Å². The van der Waals surface area contributed by atoms with E-state index in [1.54, 1.807) is 30.3 Å². The minimum Gasteiger partial charge on any atom is -0.450 e. The van der Waals surface area contributed by atoms with Crippen molar-refractivity contribution < 1.29 is 27.9 Å². The first-order chi connectivity index (χ1) is 17.1. The molecule has 0 saturated carbocycles. The number of aliphatic hydroxyl groups is 1. The monoisotopic (exact) mass is 508 g/mol. The minimum atomic E-state index is -3.86. The Morgan fingerprint density at radius 2 is 1.78 bits per heavy atom. The van der Waals surface area contributed by atoms with Gasteiger partial charge in [0.15, 0.2) is 20.3 Å². The number of sulfone groups is 1. The number of carbonyl (C=O) groups is 1. The van der Waals surface area contributed by atoms with E-state index in [1.165, 1.54) is 29.2 Å². The average Bonchev–Trinajstić information content (AvgIpc) is 3.33. The van der Waals surface area contributed by atoms with Crippen molar-refractivity contribution in [3.8, 4) is 34.8 Å². The van der Waals surface area contributed by atoms with Crippen LogP contribution in [0.15, 0.2) is 63.9 Å². The first kappa shape index (κ1) is 26.5. The van der Waals surface area contributed by atoms with Crippen LogP contribution in [0.25, 0.3) is 11.1 Å². The molecule has 10 heteroatoms. The number of amides is 1. The SMILES string of the molecule is C[C@@](CCn1ccc(-c2ccc(C#CC#Cc3ccc(CO)o3)cc2)cc1=O)(C(=O)NO)S(C)(=O)=O. The standard InChI is InChI=1S/C26H24N2O7S/c1-26(25(31)27-32,36(2,33)34)14-16-28-15-13-21(17-24(28)30)20-9-7-19(8-10-20)5-3-4-6-22-11-12-23(18-29)35-22/h7-13,15,17,29,32H,14,16,18H2,1-2H3,(H,27,31)/t26-/m1/s1. The molecule has 0 aliphatic heterocycles. The van der Waals surface area contributed by atoms with Gasteiger partial charge in [0, 0.05) is 30.6 Å². The number of aromatic nitrogens is 1. The molecule has 36 heavy (non-hydrogen) atoms. The van der Waals surface area contributed by atoms with Crippen LogP contribution in [0.5, 0.6) is 0 Å². The number of aryl methyl sites for hydroxylation is 1. The van der Waals surface area contributed by atoms with E-state index in [0.29, 0.717) is 17.1 Å². The Labute approximate surface area is 208 Å². The predicted molar refractivity (Wildman–Crippen MR) is 132 cm³/mol. The summed E-state index contributed by atoms with van der Waals surface area (Å²) in [5, 5.41) is 17.9. The van der Waals surface area contributed by atoms with Gasteiger partial charge in [-0.05, 0) is 72.6 Å². The molecule has 0 bridgehead atoms. The topological polar surface area (TPSA) is 139 Å². The molecule has 1 amide bonds. The van der Waals surface area contributed by atoms with Crippen LogP contribution in [-0.2, 0) is 27.8 Å². The molecule has 0 fully saturated rings. The maximum absolute atomic E-state index is 12.6. The van der Waals surface area contributed by atoms with Gasteiger partial charge in [0.1, 0.15) is 12.4 Å². The first-order valence-electron chi connectivity index (χ1n) is 10.7. The van der Waals surface area contributed by atoms with Gasteiger partial charge in [0.05, 0.1) is 0 Å². The van der Waals surface area contributed by atoms with E-state index >= 15 is 0 Å². The number of hydroxylamine groups is 1. The summed E-state index contributed by atoms with van der Waals surface area (Å²) in [6, 6.07) is 13.6. The third-order valence-corrected chi connectivity index (χ3v) is 7.74. The van der Waals surface area contributed by atoms with E-state index in [-0.39, 0.29) is 25.1 Å². The normalized spacial score (nSPS) is 12.4. The summed E-state index contributed by atoms with van der Waals surface area (Å²) >= 11 is 0. The number of benzene rings is 1. The molecule has 0 aliphatic rings. The van der Waals surface area contributed by atoms with E-state index < -0.39 is 20.5 Å². The van der Waals surface area contributed by atoms with Gasteiger partial charge < -0.3 is 14.1 Å². The highest BCUT2D eigenvalue weighted by Gasteiger charge is 2.43. The number of hydrogen-bond acceptors (Lipinski definition) is 7. The zero-order valence-electron chi connectivity index (χ0n) is 19.6. The summed E-state index contributed by atoms with van der Waals surface area (Å²) in [6.45, 7) is 0.972. The van der Waals surface area contributed by atoms with Crippen molar-refractivity contribution >= 4 is 15.7 Å². The highest BCUT2D eigenvalue weighted by molar-refractivity contribution is 7.92. The van der Waals surface area contributed by atoms with Gasteiger partial charge in [-0.15, -0.1) is 0 Å². The molecule has 9 nitrogen and oxygen atoms in total. The zero-order chi connectivity index (χ0) is 26.3. The second kappa shape index (κ2) is 11.1. The Kier molecular flexibility index (Phi) is 8.18. The predicted octanol–water partition coefficient (Wildman–Crippen LogP) is 1.70. The Morgan fingerprint density at radius 3 is 2.36 bits per heavy atom. The molecule has 2 aromatic heterocycles. The summed E-state index contributed by atoms with van der Waals surface area (Å²) in [4.78, 5) is 24.6. The lowest BCUT2D eigenvalue weighted by Crippen LogP contribution is -2.49. The average molecular weight is 509 g/mol. The van der Waals surface area contributed by atoms with Crippen LogP contribution >= 0.6 is 0 Å². The largest absolute Gasteiger partial charge is 0.450 e. The molecule has 0 radical (unpaired) electrons. The molecule has 0 aliphatic carbocycles. The fourth-order valence-electron chi connectivity index (χ4n) is 3.26. The van der Waals surface area contributed by atoms with Crippen LogP contribution in [0.1, 0.15) is 30.4 Å². The van der Waals surface area contributed by atoms with Gasteiger partial charge >= 0.3 is 0 Å². The molecule has 3 rings (SSSR count). The summed E-state index contributed by atoms with van der Waals surface area (Å²) in [5.41, 5.74) is 3.18. The maximum atomic E-state index is 12.6.